The summed E-state index contributed by atoms with van der Waals surface area (Å²) in [7, 11) is 0. The van der Waals surface area contributed by atoms with Gasteiger partial charge in [0.05, 0.1) is 0 Å². The van der Waals surface area contributed by atoms with Gasteiger partial charge in [0.1, 0.15) is 12.1 Å². The van der Waals surface area contributed by atoms with E-state index < -0.39 is 12.0 Å². The Morgan fingerprint density at radius 1 is 1.05 bits per heavy atom. The van der Waals surface area contributed by atoms with Crippen molar-refractivity contribution in [3.63, 3.8) is 0 Å². The predicted molar refractivity (Wildman–Crippen MR) is 148 cm³/mol. The first kappa shape index (κ1) is 28.6. The van der Waals surface area contributed by atoms with E-state index >= 15 is 0 Å². The van der Waals surface area contributed by atoms with Crippen LogP contribution < -0.4 is 5.73 Å². The summed E-state index contributed by atoms with van der Waals surface area (Å²) in [5.41, 5.74) is 7.81. The number of aliphatic carboxylic acids is 1. The van der Waals surface area contributed by atoms with Gasteiger partial charge in [0.2, 0.25) is 0 Å². The number of carboxylic acid groups (broad SMARTS) is 1. The largest absolute Gasteiger partial charge is 0.480 e. The van der Waals surface area contributed by atoms with Crippen molar-refractivity contribution >= 4 is 11.9 Å². The van der Waals surface area contributed by atoms with Crippen LogP contribution in [-0.4, -0.2) is 29.2 Å². The predicted octanol–water partition coefficient (Wildman–Crippen LogP) is 7.13. The quantitative estimate of drug-likeness (QED) is 0.238. The molecule has 0 aromatic heterocycles. The Bertz CT molecular complexity index is 867. The van der Waals surface area contributed by atoms with Crippen LogP contribution in [0.15, 0.2) is 11.6 Å². The summed E-state index contributed by atoms with van der Waals surface area (Å²) in [6.45, 7) is 12.4. The lowest BCUT2D eigenvalue weighted by Crippen LogP contribution is -2.51. The molecule has 210 valence electrons. The molecule has 3 fully saturated rings. The Morgan fingerprint density at radius 2 is 1.81 bits per heavy atom. The molecule has 0 heterocycles. The summed E-state index contributed by atoms with van der Waals surface area (Å²) in [4.78, 5) is 23.3. The number of nitrogens with two attached hydrogens (primary N) is 1. The fraction of sp³-hybridized carbons (Fsp3) is 0.875. The molecule has 0 aromatic carbocycles. The Kier molecular flexibility index (Phi) is 8.83. The van der Waals surface area contributed by atoms with E-state index in [0.29, 0.717) is 5.41 Å². The SMILES string of the molecule is CC(C)CCC[C@@H](C)[C@H]1CC[C@H]2[C@@H]3CC=C4C[C@@H](OC(=O)CC[C@@H](N)C(=O)O)CC[C@]4(C)[C@H]3CC[C@]12C. The summed E-state index contributed by atoms with van der Waals surface area (Å²) in [5.74, 6) is 3.56. The van der Waals surface area contributed by atoms with Gasteiger partial charge in [-0.3, -0.25) is 9.59 Å². The lowest BCUT2D eigenvalue weighted by Gasteiger charge is -2.58. The fourth-order valence-electron chi connectivity index (χ4n) is 9.39. The zero-order valence-corrected chi connectivity index (χ0v) is 24.1. The van der Waals surface area contributed by atoms with Crippen LogP contribution in [0.5, 0.6) is 0 Å². The second-order valence-corrected chi connectivity index (χ2v) is 14.1. The smallest absolute Gasteiger partial charge is 0.320 e. The number of allylic oxidation sites excluding steroid dienone is 1. The van der Waals surface area contributed by atoms with Gasteiger partial charge < -0.3 is 15.6 Å². The molecular weight excluding hydrogens is 462 g/mol. The van der Waals surface area contributed by atoms with Crippen LogP contribution in [0.25, 0.3) is 0 Å². The minimum atomic E-state index is -1.07. The van der Waals surface area contributed by atoms with E-state index in [1.165, 1.54) is 56.9 Å². The second-order valence-electron chi connectivity index (χ2n) is 14.1. The van der Waals surface area contributed by atoms with Crippen LogP contribution >= 0.6 is 0 Å². The van der Waals surface area contributed by atoms with Crippen LogP contribution in [0.3, 0.4) is 0 Å². The number of hydrogen-bond donors (Lipinski definition) is 2. The second kappa shape index (κ2) is 11.4. The number of rotatable bonds is 10. The van der Waals surface area contributed by atoms with Gasteiger partial charge in [-0.1, -0.05) is 65.5 Å². The van der Waals surface area contributed by atoms with Gasteiger partial charge in [0.25, 0.3) is 0 Å². The van der Waals surface area contributed by atoms with Crippen molar-refractivity contribution < 1.29 is 19.4 Å². The van der Waals surface area contributed by atoms with E-state index in [4.69, 9.17) is 15.6 Å². The van der Waals surface area contributed by atoms with Gasteiger partial charge >= 0.3 is 11.9 Å². The maximum atomic E-state index is 12.4. The van der Waals surface area contributed by atoms with Gasteiger partial charge in [-0.15, -0.1) is 0 Å². The van der Waals surface area contributed by atoms with E-state index in [-0.39, 0.29) is 30.3 Å². The van der Waals surface area contributed by atoms with E-state index in [1.807, 2.05) is 0 Å². The lowest BCUT2D eigenvalue weighted by atomic mass is 9.47. The van der Waals surface area contributed by atoms with Crippen molar-refractivity contribution in [2.75, 3.05) is 0 Å². The third-order valence-corrected chi connectivity index (χ3v) is 11.5. The summed E-state index contributed by atoms with van der Waals surface area (Å²) < 4.78 is 5.80. The Labute approximate surface area is 225 Å². The molecule has 0 radical (unpaired) electrons. The molecular formula is C32H53NO4. The van der Waals surface area contributed by atoms with Crippen molar-refractivity contribution in [1.29, 1.82) is 0 Å². The Balaban J connectivity index is 1.37. The molecule has 0 amide bonds. The topological polar surface area (TPSA) is 89.6 Å². The van der Waals surface area contributed by atoms with Crippen molar-refractivity contribution in [3.05, 3.63) is 11.6 Å². The number of carbonyl (C=O) groups is 2. The van der Waals surface area contributed by atoms with Crippen LogP contribution in [-0.2, 0) is 14.3 Å². The molecule has 0 unspecified atom stereocenters. The average molecular weight is 516 g/mol. The number of carbonyl (C=O) groups excluding carboxylic acids is 1. The van der Waals surface area contributed by atoms with Gasteiger partial charge in [-0.2, -0.15) is 0 Å². The molecule has 0 aromatic rings. The third kappa shape index (κ3) is 5.82. The van der Waals surface area contributed by atoms with Crippen LogP contribution in [0.1, 0.15) is 118 Å². The monoisotopic (exact) mass is 515 g/mol. The normalized spacial score (nSPS) is 38.7. The number of ether oxygens (including phenoxy) is 1. The van der Waals surface area contributed by atoms with E-state index in [2.05, 4.69) is 40.7 Å². The molecule has 37 heavy (non-hydrogen) atoms. The highest BCUT2D eigenvalue weighted by Gasteiger charge is 2.59. The zero-order valence-electron chi connectivity index (χ0n) is 24.1. The first-order chi connectivity index (χ1) is 17.5. The summed E-state index contributed by atoms with van der Waals surface area (Å²) in [6, 6.07) is -1.00. The molecule has 4 aliphatic carbocycles. The number of esters is 1. The van der Waals surface area contributed by atoms with Crippen LogP contribution in [0, 0.1) is 46.3 Å². The maximum Gasteiger partial charge on any atom is 0.320 e. The van der Waals surface area contributed by atoms with Crippen molar-refractivity contribution in [2.24, 2.45) is 52.1 Å². The number of carboxylic acids is 1. The highest BCUT2D eigenvalue weighted by molar-refractivity contribution is 5.75. The van der Waals surface area contributed by atoms with E-state index in [1.54, 1.807) is 0 Å². The van der Waals surface area contributed by atoms with Gasteiger partial charge in [0, 0.05) is 12.8 Å². The van der Waals surface area contributed by atoms with Crippen molar-refractivity contribution in [1.82, 2.24) is 0 Å². The van der Waals surface area contributed by atoms with Gasteiger partial charge in [0.15, 0.2) is 0 Å². The molecule has 4 rings (SSSR count). The lowest BCUT2D eigenvalue weighted by molar-refractivity contribution is -0.152. The molecule has 5 heteroatoms. The standard InChI is InChI=1S/C32H53NO4/c1-20(2)7-6-8-21(3)25-11-12-26-24-10-9-22-19-23(37-29(34)14-13-28(33)30(35)36)15-17-31(22,4)27(24)16-18-32(25,26)5/h9,20-21,23-28H,6-8,10-19,33H2,1-5H3,(H,35,36)/t21-,23+,24+,25-,26+,27+,28-,31+,32-/m1/s1. The first-order valence-corrected chi connectivity index (χ1v) is 15.3. The molecule has 3 saturated carbocycles. The molecule has 9 atom stereocenters. The summed E-state index contributed by atoms with van der Waals surface area (Å²) in [6.07, 6.45) is 16.4. The highest BCUT2D eigenvalue weighted by Crippen LogP contribution is 2.67. The van der Waals surface area contributed by atoms with Gasteiger partial charge in [-0.25, -0.2) is 0 Å². The molecule has 5 nitrogen and oxygen atoms in total. The minimum absolute atomic E-state index is 0.0717. The van der Waals surface area contributed by atoms with E-state index in [0.717, 1.165) is 54.8 Å². The van der Waals surface area contributed by atoms with Crippen molar-refractivity contribution in [2.45, 2.75) is 130 Å². The molecule has 0 aliphatic heterocycles. The highest BCUT2D eigenvalue weighted by atomic mass is 16.5. The third-order valence-electron chi connectivity index (χ3n) is 11.5. The molecule has 0 saturated heterocycles. The summed E-state index contributed by atoms with van der Waals surface area (Å²) in [5, 5.41) is 8.95. The zero-order chi connectivity index (χ0) is 27.0. The van der Waals surface area contributed by atoms with E-state index in [9.17, 15) is 9.59 Å². The maximum absolute atomic E-state index is 12.4. The fourth-order valence-corrected chi connectivity index (χ4v) is 9.39. The Morgan fingerprint density at radius 3 is 2.51 bits per heavy atom. The summed E-state index contributed by atoms with van der Waals surface area (Å²) >= 11 is 0. The molecule has 0 spiro atoms. The molecule has 4 aliphatic rings. The van der Waals surface area contributed by atoms with Crippen molar-refractivity contribution in [3.8, 4) is 0 Å². The van der Waals surface area contributed by atoms with Gasteiger partial charge in [-0.05, 0) is 97.7 Å². The first-order valence-electron chi connectivity index (χ1n) is 15.3. The average Bonchev–Trinajstić information content (AvgIpc) is 3.19. The van der Waals surface area contributed by atoms with Crippen LogP contribution in [0.4, 0.5) is 0 Å². The minimum Gasteiger partial charge on any atom is -0.480 e. The number of hydrogen-bond acceptors (Lipinski definition) is 4. The molecule has 0 bridgehead atoms. The van der Waals surface area contributed by atoms with Crippen LogP contribution in [0.2, 0.25) is 0 Å². The Hall–Kier alpha value is -1.36. The molecule has 3 N–H and O–H groups in total. The number of fused-ring (bicyclic) bond motifs is 5.